The molecular weight excluding hydrogens is 380 g/mol. The number of methoxy groups -OCH3 is 1. The maximum absolute atomic E-state index is 13.5. The molecule has 2 unspecified atom stereocenters. The molecular formula is C20H25ClN4O3. The topological polar surface area (TPSA) is 93.6 Å². The lowest BCUT2D eigenvalue weighted by Gasteiger charge is -2.36. The van der Waals surface area contributed by atoms with Crippen LogP contribution in [0.2, 0.25) is 5.02 Å². The number of rotatable bonds is 6. The van der Waals surface area contributed by atoms with E-state index in [1.165, 1.54) is 0 Å². The number of halogens is 1. The van der Waals surface area contributed by atoms with Crippen LogP contribution in [0.3, 0.4) is 0 Å². The van der Waals surface area contributed by atoms with Crippen LogP contribution >= 0.6 is 11.6 Å². The molecule has 1 amide bonds. The highest BCUT2D eigenvalue weighted by atomic mass is 35.5. The fourth-order valence-electron chi connectivity index (χ4n) is 4.27. The Morgan fingerprint density at radius 2 is 2.00 bits per heavy atom. The van der Waals surface area contributed by atoms with Crippen LogP contribution in [0, 0.1) is 11.8 Å². The predicted octanol–water partition coefficient (Wildman–Crippen LogP) is 2.86. The summed E-state index contributed by atoms with van der Waals surface area (Å²) in [6, 6.07) is 7.39. The normalized spacial score (nSPS) is 23.8. The monoisotopic (exact) mass is 404 g/mol. The smallest absolute Gasteiger partial charge is 0.261 e. The molecule has 4 rings (SSSR count). The molecule has 150 valence electrons. The minimum atomic E-state index is -0.0742. The lowest BCUT2D eigenvalue weighted by molar-refractivity contribution is 0.0638. The van der Waals surface area contributed by atoms with Crippen molar-refractivity contribution >= 4 is 23.3 Å². The second-order valence-corrected chi connectivity index (χ2v) is 7.98. The van der Waals surface area contributed by atoms with Crippen LogP contribution in [0.5, 0.6) is 0 Å². The number of nitrogens with zero attached hydrogens (tertiary/aromatic N) is 2. The number of hydrogen-bond donors (Lipinski definition) is 2. The van der Waals surface area contributed by atoms with Gasteiger partial charge in [0.15, 0.2) is 11.6 Å². The van der Waals surface area contributed by atoms with Crippen LogP contribution in [-0.4, -0.2) is 55.4 Å². The Hall–Kier alpha value is -2.09. The third-order valence-electron chi connectivity index (χ3n) is 5.80. The first-order chi connectivity index (χ1) is 13.6. The van der Waals surface area contributed by atoms with Gasteiger partial charge in [0.25, 0.3) is 5.91 Å². The Balaban J connectivity index is 1.65. The fraction of sp³-hybridized carbons (Fsp3) is 0.500. The summed E-state index contributed by atoms with van der Waals surface area (Å²) in [6.45, 7) is 2.39. The molecule has 28 heavy (non-hydrogen) atoms. The largest absolute Gasteiger partial charge is 0.383 e. The number of carbonyl (C=O) groups excluding carboxylic acids is 1. The molecule has 2 atom stereocenters. The van der Waals surface area contributed by atoms with Gasteiger partial charge >= 0.3 is 0 Å². The van der Waals surface area contributed by atoms with Gasteiger partial charge in [-0.1, -0.05) is 16.8 Å². The molecule has 2 heterocycles. The van der Waals surface area contributed by atoms with E-state index in [0.717, 1.165) is 18.4 Å². The van der Waals surface area contributed by atoms with Gasteiger partial charge in [-0.2, -0.15) is 0 Å². The van der Waals surface area contributed by atoms with Crippen LogP contribution in [-0.2, 0) is 4.74 Å². The molecule has 1 saturated carbocycles. The molecule has 2 fully saturated rings. The zero-order valence-corrected chi connectivity index (χ0v) is 16.6. The van der Waals surface area contributed by atoms with Crippen LogP contribution in [0.4, 0.5) is 5.82 Å². The Morgan fingerprint density at radius 3 is 2.64 bits per heavy atom. The van der Waals surface area contributed by atoms with Crippen molar-refractivity contribution < 1.29 is 14.1 Å². The highest BCUT2D eigenvalue weighted by Gasteiger charge is 2.42. The lowest BCUT2D eigenvalue weighted by atomic mass is 9.92. The summed E-state index contributed by atoms with van der Waals surface area (Å²) in [4.78, 5) is 15.4. The third kappa shape index (κ3) is 3.62. The van der Waals surface area contributed by atoms with Crippen molar-refractivity contribution in [3.8, 4) is 11.3 Å². The zero-order chi connectivity index (χ0) is 19.7. The molecule has 7 nitrogen and oxygen atoms in total. The number of nitrogens with two attached hydrogens (primary N) is 1. The van der Waals surface area contributed by atoms with Crippen molar-refractivity contribution in [2.45, 2.75) is 18.9 Å². The molecule has 2 aliphatic rings. The van der Waals surface area contributed by atoms with Crippen LogP contribution in [0.25, 0.3) is 11.3 Å². The van der Waals surface area contributed by atoms with Gasteiger partial charge in [0.1, 0.15) is 5.56 Å². The number of nitrogens with one attached hydrogen (secondary N) is 1. The summed E-state index contributed by atoms with van der Waals surface area (Å²) in [5.41, 5.74) is 7.52. The minimum absolute atomic E-state index is 0.0742. The summed E-state index contributed by atoms with van der Waals surface area (Å²) in [5.74, 6) is 1.55. The predicted molar refractivity (Wildman–Crippen MR) is 107 cm³/mol. The Labute approximate surface area is 169 Å². The first-order valence-electron chi connectivity index (χ1n) is 9.61. The number of ether oxygens (including phenoxy) is 1. The maximum Gasteiger partial charge on any atom is 0.261 e. The number of hydrogen-bond acceptors (Lipinski definition) is 6. The molecule has 1 aliphatic carbocycles. The second kappa shape index (κ2) is 8.11. The summed E-state index contributed by atoms with van der Waals surface area (Å²) in [7, 11) is 1.63. The van der Waals surface area contributed by atoms with Gasteiger partial charge in [0, 0.05) is 43.4 Å². The fourth-order valence-corrected chi connectivity index (χ4v) is 4.39. The highest BCUT2D eigenvalue weighted by molar-refractivity contribution is 6.30. The summed E-state index contributed by atoms with van der Waals surface area (Å²) < 4.78 is 10.7. The number of benzene rings is 1. The van der Waals surface area contributed by atoms with Gasteiger partial charge in [-0.05, 0) is 48.9 Å². The van der Waals surface area contributed by atoms with Crippen LogP contribution in [0.15, 0.2) is 28.8 Å². The van der Waals surface area contributed by atoms with E-state index >= 15 is 0 Å². The van der Waals surface area contributed by atoms with Crippen molar-refractivity contribution in [2.24, 2.45) is 17.6 Å². The Bertz CT molecular complexity index is 824. The molecule has 8 heteroatoms. The second-order valence-electron chi connectivity index (χ2n) is 7.55. The number of aromatic nitrogens is 1. The van der Waals surface area contributed by atoms with Crippen molar-refractivity contribution in [2.75, 3.05) is 38.7 Å². The molecule has 1 aromatic heterocycles. The van der Waals surface area contributed by atoms with E-state index in [0.29, 0.717) is 60.2 Å². The zero-order valence-electron chi connectivity index (χ0n) is 15.9. The van der Waals surface area contributed by atoms with E-state index in [9.17, 15) is 4.79 Å². The third-order valence-corrected chi connectivity index (χ3v) is 6.06. The Kier molecular flexibility index (Phi) is 5.57. The van der Waals surface area contributed by atoms with Gasteiger partial charge < -0.3 is 25.2 Å². The number of amides is 1. The quantitative estimate of drug-likeness (QED) is 0.719. The van der Waals surface area contributed by atoms with Crippen LogP contribution < -0.4 is 11.1 Å². The van der Waals surface area contributed by atoms with E-state index < -0.39 is 0 Å². The van der Waals surface area contributed by atoms with Crippen molar-refractivity contribution in [3.63, 3.8) is 0 Å². The molecule has 0 spiro atoms. The van der Waals surface area contributed by atoms with E-state index in [1.54, 1.807) is 19.2 Å². The molecule has 1 aromatic carbocycles. The number of piperidine rings is 1. The van der Waals surface area contributed by atoms with Crippen molar-refractivity contribution in [3.05, 3.63) is 34.9 Å². The first-order valence-corrected chi connectivity index (χ1v) is 9.99. The van der Waals surface area contributed by atoms with Crippen molar-refractivity contribution in [1.29, 1.82) is 0 Å². The van der Waals surface area contributed by atoms with E-state index in [4.69, 9.17) is 26.6 Å². The van der Waals surface area contributed by atoms with Gasteiger partial charge in [-0.15, -0.1) is 0 Å². The number of likely N-dealkylation sites (tertiary alicyclic amines) is 1. The van der Waals surface area contributed by atoms with Gasteiger partial charge in [0.05, 0.1) is 6.61 Å². The van der Waals surface area contributed by atoms with Gasteiger partial charge in [-0.25, -0.2) is 0 Å². The standard InChI is InChI=1S/C20H25ClN4O3/c1-27-9-8-23-19-16(18(28-24-19)12-4-6-15(21)7-5-12)20(26)25-10-13-2-3-14(11-25)17(13)22/h4-7,13-14,17H,2-3,8-11,22H2,1H3,(H,23,24). The maximum atomic E-state index is 13.5. The molecule has 2 aromatic rings. The first kappa shape index (κ1) is 19.2. The van der Waals surface area contributed by atoms with Gasteiger partial charge in [0.2, 0.25) is 0 Å². The molecule has 3 N–H and O–H groups in total. The molecule has 2 bridgehead atoms. The van der Waals surface area contributed by atoms with Gasteiger partial charge in [-0.3, -0.25) is 4.79 Å². The average molecular weight is 405 g/mol. The van der Waals surface area contributed by atoms with E-state index in [1.807, 2.05) is 17.0 Å². The van der Waals surface area contributed by atoms with Crippen LogP contribution in [0.1, 0.15) is 23.2 Å². The number of anilines is 1. The minimum Gasteiger partial charge on any atom is -0.383 e. The lowest BCUT2D eigenvalue weighted by Crippen LogP contribution is -2.50. The SMILES string of the molecule is COCCNc1noc(-c2ccc(Cl)cc2)c1C(=O)N1CC2CCC(C1)C2N. The summed E-state index contributed by atoms with van der Waals surface area (Å²) >= 11 is 6.01. The molecule has 1 saturated heterocycles. The van der Waals surface area contributed by atoms with Crippen molar-refractivity contribution in [1.82, 2.24) is 10.1 Å². The number of fused-ring (bicyclic) bond motifs is 2. The molecule has 1 aliphatic heterocycles. The van der Waals surface area contributed by atoms with E-state index in [2.05, 4.69) is 10.5 Å². The molecule has 0 radical (unpaired) electrons. The average Bonchev–Trinajstić information content (AvgIpc) is 3.17. The Morgan fingerprint density at radius 1 is 1.32 bits per heavy atom. The summed E-state index contributed by atoms with van der Waals surface area (Å²) in [5, 5.41) is 7.90. The number of carbonyl (C=O) groups is 1. The highest BCUT2D eigenvalue weighted by Crippen LogP contribution is 2.38. The van der Waals surface area contributed by atoms with E-state index in [-0.39, 0.29) is 11.9 Å². The summed E-state index contributed by atoms with van der Waals surface area (Å²) in [6.07, 6.45) is 2.17.